The third-order valence-electron chi connectivity index (χ3n) is 5.47. The number of carboxylic acids is 2. The number of carboxylic acid groups (broad SMARTS) is 2. The summed E-state index contributed by atoms with van der Waals surface area (Å²) in [6, 6.07) is 20.4. The van der Waals surface area contributed by atoms with Gasteiger partial charge < -0.3 is 24.4 Å². The predicted octanol–water partition coefficient (Wildman–Crippen LogP) is 5.57. The molecule has 0 spiro atoms. The van der Waals surface area contributed by atoms with Gasteiger partial charge in [-0.2, -0.15) is 0 Å². The molecule has 0 aliphatic heterocycles. The van der Waals surface area contributed by atoms with Gasteiger partial charge in [0.1, 0.15) is 18.1 Å². The lowest BCUT2D eigenvalue weighted by Gasteiger charge is -2.15. The molecule has 39 heavy (non-hydrogen) atoms. The molecule has 0 aliphatic rings. The summed E-state index contributed by atoms with van der Waals surface area (Å²) in [5.74, 6) is -1.23. The molecule has 8 nitrogen and oxygen atoms in total. The van der Waals surface area contributed by atoms with Crippen LogP contribution in [0.5, 0.6) is 11.5 Å². The largest absolute Gasteiger partial charge is 0.494 e. The summed E-state index contributed by atoms with van der Waals surface area (Å²) in [5.41, 5.74) is 1.60. The highest BCUT2D eigenvalue weighted by atomic mass is 35.5. The minimum Gasteiger partial charge on any atom is -0.494 e. The van der Waals surface area contributed by atoms with Crippen LogP contribution in [0.4, 0.5) is 0 Å². The van der Waals surface area contributed by atoms with Gasteiger partial charge in [-0.25, -0.2) is 4.79 Å². The van der Waals surface area contributed by atoms with E-state index in [2.05, 4.69) is 0 Å². The fraction of sp³-hybridized carbons (Fsp3) is 0.233. The zero-order valence-corrected chi connectivity index (χ0v) is 21.9. The second-order valence-electron chi connectivity index (χ2n) is 8.56. The first kappa shape index (κ1) is 29.4. The number of ether oxygens (including phenoxy) is 3. The molecule has 0 radical (unpaired) electrons. The second-order valence-corrected chi connectivity index (χ2v) is 9.00. The quantitative estimate of drug-likeness (QED) is 0.134. The van der Waals surface area contributed by atoms with Crippen molar-refractivity contribution in [1.82, 2.24) is 0 Å². The second kappa shape index (κ2) is 15.3. The molecule has 204 valence electrons. The highest BCUT2D eigenvalue weighted by molar-refractivity contribution is 6.30. The number of aliphatic carboxylic acids is 2. The summed E-state index contributed by atoms with van der Waals surface area (Å²) in [6.45, 7) is 0.526. The monoisotopic (exact) mass is 552 g/mol. The maximum absolute atomic E-state index is 12.5. The van der Waals surface area contributed by atoms with E-state index >= 15 is 0 Å². The number of ketones is 1. The number of rotatable bonds is 16. The average Bonchev–Trinajstić information content (AvgIpc) is 2.91. The smallest absolute Gasteiger partial charge is 0.336 e. The highest BCUT2D eigenvalue weighted by Crippen LogP contribution is 2.17. The Morgan fingerprint density at radius 1 is 0.846 bits per heavy atom. The zero-order valence-electron chi connectivity index (χ0n) is 21.1. The third kappa shape index (κ3) is 10.6. The van der Waals surface area contributed by atoms with Crippen LogP contribution in [0.15, 0.2) is 78.9 Å². The van der Waals surface area contributed by atoms with Crippen molar-refractivity contribution in [3.8, 4) is 11.5 Å². The van der Waals surface area contributed by atoms with E-state index in [1.807, 2.05) is 0 Å². The van der Waals surface area contributed by atoms with Crippen LogP contribution in [0, 0.1) is 0 Å². The third-order valence-corrected chi connectivity index (χ3v) is 5.72. The Balaban J connectivity index is 1.44. The van der Waals surface area contributed by atoms with E-state index in [0.29, 0.717) is 52.7 Å². The van der Waals surface area contributed by atoms with Crippen LogP contribution < -0.4 is 9.47 Å². The molecule has 3 rings (SSSR count). The maximum atomic E-state index is 12.5. The Morgan fingerprint density at radius 3 is 2.33 bits per heavy atom. The Morgan fingerprint density at radius 2 is 1.59 bits per heavy atom. The molecule has 0 amide bonds. The molecule has 0 heterocycles. The molecule has 0 saturated heterocycles. The van der Waals surface area contributed by atoms with Crippen molar-refractivity contribution in [2.75, 3.05) is 19.8 Å². The van der Waals surface area contributed by atoms with Crippen molar-refractivity contribution < 1.29 is 38.8 Å². The summed E-state index contributed by atoms with van der Waals surface area (Å²) in [5, 5.41) is 19.1. The lowest BCUT2D eigenvalue weighted by molar-refractivity contribution is -0.152. The van der Waals surface area contributed by atoms with E-state index in [9.17, 15) is 19.5 Å². The Kier molecular flexibility index (Phi) is 11.6. The maximum Gasteiger partial charge on any atom is 0.336 e. The summed E-state index contributed by atoms with van der Waals surface area (Å²) in [6.07, 6.45) is 3.00. The number of hydrogen-bond acceptors (Lipinski definition) is 6. The lowest BCUT2D eigenvalue weighted by Crippen LogP contribution is -2.31. The number of carbonyl (C=O) groups excluding carboxylic acids is 1. The van der Waals surface area contributed by atoms with Crippen molar-refractivity contribution in [2.24, 2.45) is 0 Å². The minimum atomic E-state index is -1.14. The van der Waals surface area contributed by atoms with Crippen LogP contribution in [0.2, 0.25) is 5.02 Å². The number of unbranched alkanes of at least 4 members (excludes halogenated alkanes) is 1. The topological polar surface area (TPSA) is 119 Å². The SMILES string of the molecule is O=C(O)Cc1cccc(C(=O)/C=C/c2cccc(OCC(OCCCCOc3ccc(Cl)cc3)C(=O)O)c2)c1. The summed E-state index contributed by atoms with van der Waals surface area (Å²) in [4.78, 5) is 35.0. The van der Waals surface area contributed by atoms with Crippen molar-refractivity contribution in [3.63, 3.8) is 0 Å². The van der Waals surface area contributed by atoms with E-state index in [-0.39, 0.29) is 25.4 Å². The molecule has 0 fully saturated rings. The zero-order chi connectivity index (χ0) is 28.0. The van der Waals surface area contributed by atoms with E-state index in [0.717, 1.165) is 0 Å². The fourth-order valence-corrected chi connectivity index (χ4v) is 3.62. The van der Waals surface area contributed by atoms with Gasteiger partial charge in [0.25, 0.3) is 0 Å². The number of hydrogen-bond donors (Lipinski definition) is 2. The van der Waals surface area contributed by atoms with Gasteiger partial charge in [0.15, 0.2) is 11.9 Å². The first-order chi connectivity index (χ1) is 18.8. The summed E-state index contributed by atoms with van der Waals surface area (Å²) < 4.78 is 16.7. The number of benzene rings is 3. The number of allylic oxidation sites excluding steroid dienone is 1. The van der Waals surface area contributed by atoms with Gasteiger partial charge in [-0.05, 0) is 72.5 Å². The van der Waals surface area contributed by atoms with Crippen LogP contribution in [-0.2, 0) is 20.7 Å². The van der Waals surface area contributed by atoms with Crippen LogP contribution in [-0.4, -0.2) is 53.9 Å². The van der Waals surface area contributed by atoms with Crippen molar-refractivity contribution in [2.45, 2.75) is 25.4 Å². The molecule has 0 aliphatic carbocycles. The van der Waals surface area contributed by atoms with E-state index in [1.54, 1.807) is 78.9 Å². The average molecular weight is 553 g/mol. The number of carbonyl (C=O) groups is 3. The number of halogens is 1. The minimum absolute atomic E-state index is 0.163. The van der Waals surface area contributed by atoms with E-state index in [1.165, 1.54) is 6.08 Å². The molecular weight excluding hydrogens is 524 g/mol. The van der Waals surface area contributed by atoms with Gasteiger partial charge in [-0.1, -0.05) is 48.0 Å². The molecule has 2 N–H and O–H groups in total. The lowest BCUT2D eigenvalue weighted by atomic mass is 10.0. The van der Waals surface area contributed by atoms with Gasteiger partial charge in [0.2, 0.25) is 0 Å². The van der Waals surface area contributed by atoms with E-state index in [4.69, 9.17) is 30.9 Å². The molecule has 0 saturated carbocycles. The summed E-state index contributed by atoms with van der Waals surface area (Å²) >= 11 is 5.84. The standard InChI is InChI=1S/C30H29ClO8/c31-24-10-12-25(13-11-24)37-15-1-2-16-38-28(30(35)36)20-39-26-8-4-5-21(18-26)9-14-27(32)23-7-3-6-22(17-23)19-29(33)34/h3-14,17-18,28H,1-2,15-16,19-20H2,(H,33,34)(H,35,36)/b14-9+. The molecule has 0 bridgehead atoms. The van der Waals surface area contributed by atoms with Gasteiger partial charge in [-0.3, -0.25) is 9.59 Å². The molecule has 1 unspecified atom stereocenters. The predicted molar refractivity (Wildman–Crippen MR) is 147 cm³/mol. The Hall–Kier alpha value is -4.14. The Bertz CT molecular complexity index is 1290. The van der Waals surface area contributed by atoms with Crippen LogP contribution >= 0.6 is 11.6 Å². The molecule has 1 atom stereocenters. The summed E-state index contributed by atoms with van der Waals surface area (Å²) in [7, 11) is 0. The van der Waals surface area contributed by atoms with Crippen molar-refractivity contribution in [3.05, 3.63) is 101 Å². The fourth-order valence-electron chi connectivity index (χ4n) is 3.50. The van der Waals surface area contributed by atoms with Crippen LogP contribution in [0.3, 0.4) is 0 Å². The first-order valence-electron chi connectivity index (χ1n) is 12.3. The van der Waals surface area contributed by atoms with Crippen LogP contribution in [0.25, 0.3) is 6.08 Å². The van der Waals surface area contributed by atoms with Crippen molar-refractivity contribution in [1.29, 1.82) is 0 Å². The molecular formula is C30H29ClO8. The molecule has 3 aromatic carbocycles. The van der Waals surface area contributed by atoms with Gasteiger partial charge >= 0.3 is 11.9 Å². The normalized spacial score (nSPS) is 11.7. The molecule has 3 aromatic rings. The Labute approximate surface area is 231 Å². The van der Waals surface area contributed by atoms with Gasteiger partial charge in [0, 0.05) is 17.2 Å². The first-order valence-corrected chi connectivity index (χ1v) is 12.7. The molecule has 0 aromatic heterocycles. The van der Waals surface area contributed by atoms with Crippen LogP contribution in [0.1, 0.15) is 34.3 Å². The van der Waals surface area contributed by atoms with E-state index < -0.39 is 18.0 Å². The molecule has 9 heteroatoms. The van der Waals surface area contributed by atoms with Crippen molar-refractivity contribution >= 4 is 35.4 Å². The van der Waals surface area contributed by atoms with Gasteiger partial charge in [-0.15, -0.1) is 0 Å². The highest BCUT2D eigenvalue weighted by Gasteiger charge is 2.19. The van der Waals surface area contributed by atoms with Gasteiger partial charge in [0.05, 0.1) is 13.0 Å².